The van der Waals surface area contributed by atoms with Crippen LogP contribution in [0.25, 0.3) is 0 Å². The second kappa shape index (κ2) is 23.6. The molecule has 0 aliphatic heterocycles. The van der Waals surface area contributed by atoms with Crippen LogP contribution in [0.1, 0.15) is 124 Å². The molecule has 2 unspecified atom stereocenters. The number of nitrogens with zero attached hydrogens (tertiary/aromatic N) is 6. The molecule has 0 saturated heterocycles. The maximum Gasteiger partial charge on any atom is 0.233 e. The molecule has 0 aliphatic rings. The van der Waals surface area contributed by atoms with Crippen LogP contribution in [0.5, 0.6) is 5.75 Å². The lowest BCUT2D eigenvalue weighted by Crippen LogP contribution is -2.34. The highest BCUT2D eigenvalue weighted by atomic mass is 35.5. The van der Waals surface area contributed by atoms with Crippen LogP contribution in [0.2, 0.25) is 5.15 Å². The van der Waals surface area contributed by atoms with E-state index in [-0.39, 0.29) is 16.0 Å². The van der Waals surface area contributed by atoms with E-state index in [0.717, 1.165) is 94.3 Å². The maximum atomic E-state index is 13.3. The van der Waals surface area contributed by atoms with Crippen molar-refractivity contribution < 1.29 is 13.2 Å². The molecule has 294 valence electrons. The van der Waals surface area contributed by atoms with Gasteiger partial charge in [0.1, 0.15) is 11.4 Å². The lowest BCUT2D eigenvalue weighted by atomic mass is 9.95. The average molecular weight is 789 g/mol. The van der Waals surface area contributed by atoms with Crippen molar-refractivity contribution in [3.8, 4) is 5.75 Å². The van der Waals surface area contributed by atoms with Crippen molar-refractivity contribution >= 4 is 65.8 Å². The molecule has 0 saturated carbocycles. The molecule has 0 amide bonds. The third-order valence-corrected chi connectivity index (χ3v) is 12.1. The van der Waals surface area contributed by atoms with E-state index in [1.807, 2.05) is 25.1 Å². The lowest BCUT2D eigenvalue weighted by molar-refractivity contribution is 0.390. The van der Waals surface area contributed by atoms with Gasteiger partial charge in [0, 0.05) is 19.2 Å². The summed E-state index contributed by atoms with van der Waals surface area (Å²) in [6.07, 6.45) is 13.7. The molecule has 2 atom stereocenters. The van der Waals surface area contributed by atoms with E-state index < -0.39 is 10.0 Å². The fourth-order valence-electron chi connectivity index (χ4n) is 6.11. The molecule has 53 heavy (non-hydrogen) atoms. The lowest BCUT2D eigenvalue weighted by Gasteiger charge is -2.34. The summed E-state index contributed by atoms with van der Waals surface area (Å²) in [6.45, 7) is 14.8. The highest BCUT2D eigenvalue weighted by Gasteiger charge is 2.24. The van der Waals surface area contributed by atoms with Crippen LogP contribution in [0.4, 0.5) is 32.9 Å². The molecular formula is C40H62ClN7O3S2. The van der Waals surface area contributed by atoms with Crippen LogP contribution in [-0.2, 0) is 16.4 Å². The number of hydrogen-bond acceptors (Lipinski definition) is 10. The van der Waals surface area contributed by atoms with Crippen molar-refractivity contribution in [3.05, 3.63) is 47.1 Å². The normalized spacial score (nSPS) is 13.2. The Morgan fingerprint density at radius 2 is 1.45 bits per heavy atom. The first-order chi connectivity index (χ1) is 25.6. The van der Waals surface area contributed by atoms with Gasteiger partial charge in [0.25, 0.3) is 0 Å². The summed E-state index contributed by atoms with van der Waals surface area (Å²) < 4.78 is 35.5. The summed E-state index contributed by atoms with van der Waals surface area (Å²) in [7, 11) is -2.02. The van der Waals surface area contributed by atoms with E-state index in [9.17, 15) is 8.42 Å². The number of sulfonamides is 1. The van der Waals surface area contributed by atoms with Gasteiger partial charge in [0.2, 0.25) is 15.2 Å². The predicted octanol–water partition coefficient (Wildman–Crippen LogP) is 13.8. The van der Waals surface area contributed by atoms with E-state index in [0.29, 0.717) is 46.1 Å². The summed E-state index contributed by atoms with van der Waals surface area (Å²) in [6, 6.07) is 11.6. The third kappa shape index (κ3) is 14.9. The number of ether oxygens (including phenoxy) is 1. The van der Waals surface area contributed by atoms with Crippen molar-refractivity contribution in [2.24, 2.45) is 32.3 Å². The van der Waals surface area contributed by atoms with Gasteiger partial charge in [-0.05, 0) is 67.7 Å². The molecule has 13 heteroatoms. The number of hydrogen-bond donors (Lipinski definition) is 1. The van der Waals surface area contributed by atoms with Gasteiger partial charge in [-0.15, -0.1) is 20.5 Å². The quantitative estimate of drug-likeness (QED) is 0.0812. The predicted molar refractivity (Wildman–Crippen MR) is 225 cm³/mol. The molecule has 2 aromatic carbocycles. The van der Waals surface area contributed by atoms with Gasteiger partial charge in [0.15, 0.2) is 10.2 Å². The first kappa shape index (κ1) is 44.3. The van der Waals surface area contributed by atoms with E-state index in [4.69, 9.17) is 16.3 Å². The fraction of sp³-hybridized carbons (Fsp3) is 0.625. The number of rotatable bonds is 26. The zero-order valence-corrected chi connectivity index (χ0v) is 35.4. The zero-order chi connectivity index (χ0) is 38.6. The summed E-state index contributed by atoms with van der Waals surface area (Å²) in [5.41, 5.74) is 3.49. The smallest absolute Gasteiger partial charge is 0.233 e. The molecule has 10 nitrogen and oxygen atoms in total. The minimum absolute atomic E-state index is 0.00688. The molecule has 1 aromatic heterocycles. The van der Waals surface area contributed by atoms with Crippen LogP contribution in [0.3, 0.4) is 0 Å². The van der Waals surface area contributed by atoms with E-state index in [1.165, 1.54) is 18.4 Å². The van der Waals surface area contributed by atoms with Crippen molar-refractivity contribution in [1.82, 2.24) is 4.98 Å². The maximum absolute atomic E-state index is 13.3. The number of nitrogens with one attached hydrogen (secondary N) is 1. The average Bonchev–Trinajstić information content (AvgIpc) is 3.52. The Morgan fingerprint density at radius 1 is 0.830 bits per heavy atom. The second-order valence-electron chi connectivity index (χ2n) is 13.8. The number of azo groups is 2. The van der Waals surface area contributed by atoms with Crippen molar-refractivity contribution in [2.75, 3.05) is 35.6 Å². The number of thiazole rings is 1. The Hall–Kier alpha value is -3.09. The molecule has 3 rings (SSSR count). The fourth-order valence-corrected chi connectivity index (χ4v) is 8.27. The number of aryl methyl sites for hydroxylation is 1. The SMILES string of the molecule is CCCCc1ccc(N=Nc2sc(N=Nc3cc(OC)c(N(CC(CC)CCCC)CC(CC)CCCC)cc3NS(=O)(=O)CCCC)nc2Cl)cc1. The molecule has 0 bridgehead atoms. The van der Waals surface area contributed by atoms with Gasteiger partial charge in [-0.3, -0.25) is 4.72 Å². The first-order valence-electron chi connectivity index (χ1n) is 19.7. The van der Waals surface area contributed by atoms with Gasteiger partial charge in [-0.1, -0.05) is 128 Å². The Balaban J connectivity index is 2.03. The Kier molecular flexibility index (Phi) is 19.8. The first-order valence-corrected chi connectivity index (χ1v) is 22.5. The minimum atomic E-state index is -3.66. The number of halogens is 1. The molecular weight excluding hydrogens is 726 g/mol. The van der Waals surface area contributed by atoms with Crippen molar-refractivity contribution in [3.63, 3.8) is 0 Å². The van der Waals surface area contributed by atoms with Crippen molar-refractivity contribution in [1.29, 1.82) is 0 Å². The Bertz CT molecular complexity index is 1660. The van der Waals surface area contributed by atoms with Gasteiger partial charge < -0.3 is 9.64 Å². The number of aromatic nitrogens is 1. The number of anilines is 2. The summed E-state index contributed by atoms with van der Waals surface area (Å²) >= 11 is 7.59. The van der Waals surface area contributed by atoms with Crippen molar-refractivity contribution in [2.45, 2.75) is 125 Å². The summed E-state index contributed by atoms with van der Waals surface area (Å²) in [5.74, 6) is 1.61. The van der Waals surface area contributed by atoms with E-state index in [1.54, 1.807) is 13.2 Å². The molecule has 1 N–H and O–H groups in total. The Morgan fingerprint density at radius 3 is 2.02 bits per heavy atom. The van der Waals surface area contributed by atoms with Gasteiger partial charge in [-0.2, -0.15) is 0 Å². The highest BCUT2D eigenvalue weighted by molar-refractivity contribution is 7.92. The standard InChI is InChI=1S/C40H62ClN7O3S2/c1-8-14-18-30(12-5)28-48(29-31(13-6)19-15-9-2)36-26-35(47-53(49,50)25-17-11-4)34(27-37(36)51-7)44-46-40-42-38(41)39(52-40)45-43-33-23-21-32(22-24-33)20-16-10-3/h21-24,26-27,30-31,47H,8-20,25,28-29H2,1-7H3. The molecule has 3 aromatic rings. The Labute approximate surface area is 328 Å². The third-order valence-electron chi connectivity index (χ3n) is 9.53. The molecule has 0 radical (unpaired) electrons. The summed E-state index contributed by atoms with van der Waals surface area (Å²) in [5, 5.41) is 18.4. The highest BCUT2D eigenvalue weighted by Crippen LogP contribution is 2.43. The van der Waals surface area contributed by atoms with Crippen LogP contribution >= 0.6 is 22.9 Å². The van der Waals surface area contributed by atoms with Crippen LogP contribution in [0, 0.1) is 11.8 Å². The van der Waals surface area contributed by atoms with E-state index >= 15 is 0 Å². The molecule has 0 fully saturated rings. The molecule has 1 heterocycles. The number of methoxy groups -OCH3 is 1. The van der Waals surface area contributed by atoms with Gasteiger partial charge in [-0.25, -0.2) is 13.4 Å². The second-order valence-corrected chi connectivity index (χ2v) is 17.0. The largest absolute Gasteiger partial charge is 0.494 e. The van der Waals surface area contributed by atoms with Crippen LogP contribution < -0.4 is 14.4 Å². The number of benzene rings is 2. The summed E-state index contributed by atoms with van der Waals surface area (Å²) in [4.78, 5) is 6.75. The molecule has 0 spiro atoms. The minimum Gasteiger partial charge on any atom is -0.494 e. The topological polar surface area (TPSA) is 121 Å². The van der Waals surface area contributed by atoms with Crippen LogP contribution in [-0.4, -0.2) is 39.4 Å². The zero-order valence-electron chi connectivity index (χ0n) is 33.0. The molecule has 0 aliphatic carbocycles. The van der Waals surface area contributed by atoms with Gasteiger partial charge in [0.05, 0.1) is 29.9 Å². The monoisotopic (exact) mass is 787 g/mol. The van der Waals surface area contributed by atoms with Crippen LogP contribution in [0.15, 0.2) is 56.9 Å². The van der Waals surface area contributed by atoms with E-state index in [2.05, 4.69) is 81.8 Å². The number of unbranched alkanes of at least 4 members (excludes halogenated alkanes) is 4. The van der Waals surface area contributed by atoms with Gasteiger partial charge >= 0.3 is 0 Å².